The molecule has 0 radical (unpaired) electrons. The number of amides is 2. The molecule has 2 aromatic carbocycles. The Labute approximate surface area is 191 Å². The summed E-state index contributed by atoms with van der Waals surface area (Å²) in [6, 6.07) is 14.0. The SMILES string of the molecule is COC(=O)c1cc(-c2ccc(/C=C3\SC(=O)N(Cc4ccccc4F)C3=O)o2)ccc1Cl. The average molecular weight is 472 g/mol. The van der Waals surface area contributed by atoms with E-state index in [4.69, 9.17) is 20.8 Å². The molecular weight excluding hydrogens is 457 g/mol. The molecule has 2 heterocycles. The van der Waals surface area contributed by atoms with Gasteiger partial charge in [0.25, 0.3) is 11.1 Å². The summed E-state index contributed by atoms with van der Waals surface area (Å²) >= 11 is 6.80. The highest BCUT2D eigenvalue weighted by molar-refractivity contribution is 8.18. The molecule has 1 saturated heterocycles. The first-order valence-electron chi connectivity index (χ1n) is 9.34. The minimum absolute atomic E-state index is 0.154. The Kier molecular flexibility index (Phi) is 6.16. The summed E-state index contributed by atoms with van der Waals surface area (Å²) in [5.41, 5.74) is 1.03. The van der Waals surface area contributed by atoms with E-state index in [1.165, 1.54) is 31.4 Å². The third kappa shape index (κ3) is 4.32. The topological polar surface area (TPSA) is 76.8 Å². The van der Waals surface area contributed by atoms with Gasteiger partial charge in [-0.3, -0.25) is 14.5 Å². The number of ether oxygens (including phenoxy) is 1. The number of thioether (sulfide) groups is 1. The maximum atomic E-state index is 13.9. The Morgan fingerprint density at radius 3 is 2.72 bits per heavy atom. The molecule has 6 nitrogen and oxygen atoms in total. The molecule has 1 aliphatic heterocycles. The zero-order valence-corrected chi connectivity index (χ0v) is 18.2. The molecule has 162 valence electrons. The number of carbonyl (C=O) groups excluding carboxylic acids is 3. The summed E-state index contributed by atoms with van der Waals surface area (Å²) in [6.45, 7) is -0.154. The zero-order valence-electron chi connectivity index (χ0n) is 16.6. The molecule has 0 atom stereocenters. The highest BCUT2D eigenvalue weighted by atomic mass is 35.5. The van der Waals surface area contributed by atoms with Gasteiger partial charge in [0.1, 0.15) is 17.3 Å². The Balaban J connectivity index is 1.56. The normalized spacial score (nSPS) is 15.0. The number of hydrogen-bond acceptors (Lipinski definition) is 6. The molecule has 0 bridgehead atoms. The second-order valence-electron chi connectivity index (χ2n) is 6.75. The molecule has 0 N–H and O–H groups in total. The van der Waals surface area contributed by atoms with Crippen LogP contribution in [0.15, 0.2) is 63.9 Å². The van der Waals surface area contributed by atoms with Crippen LogP contribution in [0.4, 0.5) is 9.18 Å². The van der Waals surface area contributed by atoms with E-state index in [0.717, 1.165) is 16.7 Å². The van der Waals surface area contributed by atoms with E-state index in [1.54, 1.807) is 36.4 Å². The standard InChI is InChI=1S/C23H15ClFNO5S/c1-30-22(28)16-10-13(6-8-17(16)24)19-9-7-15(31-19)11-20-21(27)26(23(29)32-20)12-14-4-2-3-5-18(14)25/h2-11H,12H2,1H3/b20-11-. The monoisotopic (exact) mass is 471 g/mol. The van der Waals surface area contributed by atoms with Crippen LogP contribution in [0.5, 0.6) is 0 Å². The molecule has 3 aromatic rings. The van der Waals surface area contributed by atoms with E-state index in [2.05, 4.69) is 0 Å². The summed E-state index contributed by atoms with van der Waals surface area (Å²) in [5.74, 6) is -0.817. The third-order valence-corrected chi connectivity index (χ3v) is 5.95. The lowest BCUT2D eigenvalue weighted by molar-refractivity contribution is -0.123. The van der Waals surface area contributed by atoms with Gasteiger partial charge in [0.2, 0.25) is 0 Å². The van der Waals surface area contributed by atoms with E-state index >= 15 is 0 Å². The Morgan fingerprint density at radius 1 is 1.19 bits per heavy atom. The minimum atomic E-state index is -0.577. The van der Waals surface area contributed by atoms with Gasteiger partial charge in [0, 0.05) is 17.2 Å². The molecular formula is C23H15ClFNO5S. The van der Waals surface area contributed by atoms with Crippen LogP contribution >= 0.6 is 23.4 Å². The van der Waals surface area contributed by atoms with Crippen LogP contribution in [0.1, 0.15) is 21.7 Å². The maximum Gasteiger partial charge on any atom is 0.339 e. The van der Waals surface area contributed by atoms with Crippen molar-refractivity contribution in [3.63, 3.8) is 0 Å². The molecule has 1 aromatic heterocycles. The highest BCUT2D eigenvalue weighted by Gasteiger charge is 2.35. The van der Waals surface area contributed by atoms with Gasteiger partial charge in [-0.1, -0.05) is 29.8 Å². The number of furan rings is 1. The van der Waals surface area contributed by atoms with Gasteiger partial charge in [-0.05, 0) is 48.2 Å². The predicted octanol–water partition coefficient (Wildman–Crippen LogP) is 5.76. The fourth-order valence-corrected chi connectivity index (χ4v) is 4.11. The van der Waals surface area contributed by atoms with Crippen molar-refractivity contribution in [3.05, 3.63) is 87.2 Å². The molecule has 32 heavy (non-hydrogen) atoms. The van der Waals surface area contributed by atoms with Crippen LogP contribution in [-0.2, 0) is 16.1 Å². The lowest BCUT2D eigenvalue weighted by Crippen LogP contribution is -2.27. The first-order chi connectivity index (χ1) is 15.4. The largest absolute Gasteiger partial charge is 0.465 e. The van der Waals surface area contributed by atoms with Crippen LogP contribution < -0.4 is 0 Å². The van der Waals surface area contributed by atoms with E-state index < -0.39 is 22.9 Å². The first-order valence-corrected chi connectivity index (χ1v) is 10.5. The fraction of sp³-hybridized carbons (Fsp3) is 0.0870. The number of esters is 1. The van der Waals surface area contributed by atoms with E-state index in [-0.39, 0.29) is 27.6 Å². The summed E-state index contributed by atoms with van der Waals surface area (Å²) < 4.78 is 24.4. The van der Waals surface area contributed by atoms with Crippen LogP contribution in [0.3, 0.4) is 0 Å². The number of halogens is 2. The number of methoxy groups -OCH3 is 1. The van der Waals surface area contributed by atoms with Gasteiger partial charge in [0.05, 0.1) is 29.1 Å². The lowest BCUT2D eigenvalue weighted by Gasteiger charge is -2.12. The molecule has 2 amide bonds. The smallest absolute Gasteiger partial charge is 0.339 e. The molecule has 0 unspecified atom stereocenters. The summed E-state index contributed by atoms with van der Waals surface area (Å²) in [7, 11) is 1.26. The van der Waals surface area contributed by atoms with Crippen molar-refractivity contribution >= 4 is 46.6 Å². The quantitative estimate of drug-likeness (QED) is 0.347. The molecule has 4 rings (SSSR count). The lowest BCUT2D eigenvalue weighted by atomic mass is 10.1. The number of carbonyl (C=O) groups is 3. The number of nitrogens with zero attached hydrogens (tertiary/aromatic N) is 1. The van der Waals surface area contributed by atoms with Crippen molar-refractivity contribution < 1.29 is 27.9 Å². The fourth-order valence-electron chi connectivity index (χ4n) is 3.09. The summed E-state index contributed by atoms with van der Waals surface area (Å²) in [6.07, 6.45) is 1.45. The Morgan fingerprint density at radius 2 is 1.97 bits per heavy atom. The van der Waals surface area contributed by atoms with Crippen LogP contribution in [-0.4, -0.2) is 29.1 Å². The van der Waals surface area contributed by atoms with Crippen molar-refractivity contribution in [2.45, 2.75) is 6.54 Å². The molecule has 1 aliphatic rings. The number of rotatable bonds is 5. The Bertz CT molecular complexity index is 1270. The zero-order chi connectivity index (χ0) is 22.8. The first kappa shape index (κ1) is 21.9. The van der Waals surface area contributed by atoms with Gasteiger partial charge in [0.15, 0.2) is 0 Å². The molecule has 0 aliphatic carbocycles. The summed E-state index contributed by atoms with van der Waals surface area (Å²) in [5, 5.41) is -0.243. The van der Waals surface area contributed by atoms with Gasteiger partial charge >= 0.3 is 5.97 Å². The second-order valence-corrected chi connectivity index (χ2v) is 8.15. The molecule has 9 heteroatoms. The van der Waals surface area contributed by atoms with Gasteiger partial charge in [-0.2, -0.15) is 0 Å². The molecule has 0 spiro atoms. The van der Waals surface area contributed by atoms with Crippen molar-refractivity contribution in [1.29, 1.82) is 0 Å². The van der Waals surface area contributed by atoms with E-state index in [1.807, 2.05) is 0 Å². The number of imide groups is 1. The third-order valence-electron chi connectivity index (χ3n) is 4.72. The number of hydrogen-bond donors (Lipinski definition) is 0. The van der Waals surface area contributed by atoms with Gasteiger partial charge in [-0.25, -0.2) is 9.18 Å². The van der Waals surface area contributed by atoms with Crippen molar-refractivity contribution in [2.24, 2.45) is 0 Å². The van der Waals surface area contributed by atoms with Gasteiger partial charge < -0.3 is 9.15 Å². The predicted molar refractivity (Wildman–Crippen MR) is 118 cm³/mol. The molecule has 1 fully saturated rings. The van der Waals surface area contributed by atoms with Crippen LogP contribution in [0.25, 0.3) is 17.4 Å². The van der Waals surface area contributed by atoms with E-state index in [0.29, 0.717) is 17.1 Å². The van der Waals surface area contributed by atoms with E-state index in [9.17, 15) is 18.8 Å². The number of benzene rings is 2. The van der Waals surface area contributed by atoms with Gasteiger partial charge in [-0.15, -0.1) is 0 Å². The van der Waals surface area contributed by atoms with Crippen LogP contribution in [0, 0.1) is 5.82 Å². The van der Waals surface area contributed by atoms with Crippen LogP contribution in [0.2, 0.25) is 5.02 Å². The van der Waals surface area contributed by atoms with Crippen molar-refractivity contribution in [1.82, 2.24) is 4.90 Å². The van der Waals surface area contributed by atoms with Crippen molar-refractivity contribution in [3.8, 4) is 11.3 Å². The van der Waals surface area contributed by atoms with Crippen molar-refractivity contribution in [2.75, 3.05) is 7.11 Å². The molecule has 0 saturated carbocycles. The highest BCUT2D eigenvalue weighted by Crippen LogP contribution is 2.35. The second kappa shape index (κ2) is 9.02. The average Bonchev–Trinajstić information content (AvgIpc) is 3.35. The summed E-state index contributed by atoms with van der Waals surface area (Å²) in [4.78, 5) is 38.0. The maximum absolute atomic E-state index is 13.9. The Hall–Kier alpha value is -3.36. The minimum Gasteiger partial charge on any atom is -0.465 e.